The summed E-state index contributed by atoms with van der Waals surface area (Å²) in [6, 6.07) is 18.7. The molecule has 3 atom stereocenters. The van der Waals surface area contributed by atoms with Gasteiger partial charge >= 0.3 is 5.97 Å². The second-order valence-corrected chi connectivity index (χ2v) is 10.6. The molecule has 7 heteroatoms. The largest absolute Gasteiger partial charge is 0.489 e. The number of rotatable bonds is 7. The zero-order valence-corrected chi connectivity index (χ0v) is 22.8. The third-order valence-electron chi connectivity index (χ3n) is 8.01. The summed E-state index contributed by atoms with van der Waals surface area (Å²) in [7, 11) is 1.87. The Labute approximate surface area is 224 Å². The first kappa shape index (κ1) is 25.9. The lowest BCUT2D eigenvalue weighted by atomic mass is 9.79. The fraction of sp³-hybridized carbons (Fsp3) is 0.387. The number of hydrogen-bond donors (Lipinski definition) is 1. The van der Waals surface area contributed by atoms with Crippen molar-refractivity contribution in [2.45, 2.75) is 59.2 Å². The molecule has 1 aromatic heterocycles. The molecule has 1 unspecified atom stereocenters. The maximum Gasteiger partial charge on any atom is 0.307 e. The number of aliphatic carboxylic acids is 1. The van der Waals surface area contributed by atoms with Crippen LogP contribution in [0.25, 0.3) is 11.0 Å². The molecule has 7 nitrogen and oxygen atoms in total. The number of carboxylic acid groups (broad SMARTS) is 1. The van der Waals surface area contributed by atoms with Crippen LogP contribution in [0, 0.1) is 19.8 Å². The van der Waals surface area contributed by atoms with Gasteiger partial charge in [0.2, 0.25) is 0 Å². The first-order valence-corrected chi connectivity index (χ1v) is 13.3. The van der Waals surface area contributed by atoms with E-state index in [-0.39, 0.29) is 12.0 Å². The molecule has 2 heterocycles. The number of para-hydroxylation sites is 1. The van der Waals surface area contributed by atoms with Crippen molar-refractivity contribution in [2.75, 3.05) is 6.54 Å². The molecule has 0 spiro atoms. The molecule has 1 aliphatic heterocycles. The lowest BCUT2D eigenvalue weighted by Gasteiger charge is -2.27. The highest BCUT2D eigenvalue weighted by Crippen LogP contribution is 2.37. The van der Waals surface area contributed by atoms with Crippen molar-refractivity contribution in [3.8, 4) is 5.75 Å². The molecule has 3 aromatic carbocycles. The van der Waals surface area contributed by atoms with Crippen LogP contribution in [0.5, 0.6) is 5.75 Å². The average molecular weight is 513 g/mol. The number of carbonyl (C=O) groups is 1. The van der Waals surface area contributed by atoms with E-state index in [1.165, 1.54) is 16.7 Å². The Kier molecular flexibility index (Phi) is 7.21. The van der Waals surface area contributed by atoms with E-state index in [1.807, 2.05) is 32.2 Å². The van der Waals surface area contributed by atoms with Crippen LogP contribution in [-0.2, 0) is 24.9 Å². The number of nitrogens with zero attached hydrogens (tertiary/aromatic N) is 4. The summed E-state index contributed by atoms with van der Waals surface area (Å²) in [4.78, 5) is 14.7. The fourth-order valence-corrected chi connectivity index (χ4v) is 5.65. The van der Waals surface area contributed by atoms with Crippen LogP contribution in [0.1, 0.15) is 59.6 Å². The van der Waals surface area contributed by atoms with Gasteiger partial charge in [-0.25, -0.2) is 4.68 Å². The molecule has 4 aromatic rings. The van der Waals surface area contributed by atoms with Gasteiger partial charge in [0, 0.05) is 38.2 Å². The topological polar surface area (TPSA) is 80.5 Å². The zero-order chi connectivity index (χ0) is 27.0. The number of hydrogen-bond acceptors (Lipinski definition) is 5. The molecule has 0 saturated heterocycles. The quantitative estimate of drug-likeness (QED) is 0.347. The Balaban J connectivity index is 1.53. The van der Waals surface area contributed by atoms with Crippen molar-refractivity contribution in [1.82, 2.24) is 19.9 Å². The highest BCUT2D eigenvalue weighted by Gasteiger charge is 2.30. The monoisotopic (exact) mass is 512 g/mol. The normalized spacial score (nSPS) is 17.4. The molecule has 0 aliphatic carbocycles. The number of aryl methyl sites for hydroxylation is 3. The molecule has 0 saturated carbocycles. The van der Waals surface area contributed by atoms with Gasteiger partial charge in [-0.15, -0.1) is 5.10 Å². The average Bonchev–Trinajstić information content (AvgIpc) is 3.18. The molecule has 38 heavy (non-hydrogen) atoms. The predicted octanol–water partition coefficient (Wildman–Crippen LogP) is 5.61. The summed E-state index contributed by atoms with van der Waals surface area (Å²) in [5.41, 5.74) is 8.31. The molecule has 1 aliphatic rings. The summed E-state index contributed by atoms with van der Waals surface area (Å²) < 4.78 is 8.06. The van der Waals surface area contributed by atoms with Gasteiger partial charge in [-0.1, -0.05) is 61.5 Å². The van der Waals surface area contributed by atoms with Gasteiger partial charge in [0.1, 0.15) is 17.4 Å². The zero-order valence-electron chi connectivity index (χ0n) is 22.8. The summed E-state index contributed by atoms with van der Waals surface area (Å²) in [5, 5.41) is 18.6. The lowest BCUT2D eigenvalue weighted by Crippen LogP contribution is -2.32. The van der Waals surface area contributed by atoms with E-state index in [9.17, 15) is 9.90 Å². The minimum absolute atomic E-state index is 0.128. The van der Waals surface area contributed by atoms with Crippen molar-refractivity contribution >= 4 is 17.0 Å². The van der Waals surface area contributed by atoms with Crippen LogP contribution in [0.2, 0.25) is 0 Å². The smallest absolute Gasteiger partial charge is 0.307 e. The summed E-state index contributed by atoms with van der Waals surface area (Å²) in [5.74, 6) is -0.767. The summed E-state index contributed by atoms with van der Waals surface area (Å²) in [6.45, 7) is 10.5. The second kappa shape index (κ2) is 10.6. The van der Waals surface area contributed by atoms with E-state index in [4.69, 9.17) is 4.74 Å². The van der Waals surface area contributed by atoms with E-state index in [0.29, 0.717) is 0 Å². The fourth-order valence-electron chi connectivity index (χ4n) is 5.65. The lowest BCUT2D eigenvalue weighted by molar-refractivity contribution is -0.141. The van der Waals surface area contributed by atoms with Gasteiger partial charge in [-0.2, -0.15) is 0 Å². The molecule has 0 radical (unpaired) electrons. The van der Waals surface area contributed by atoms with Gasteiger partial charge in [-0.05, 0) is 60.2 Å². The number of carboxylic acids is 1. The molecule has 0 bridgehead atoms. The first-order valence-electron chi connectivity index (χ1n) is 13.3. The summed E-state index contributed by atoms with van der Waals surface area (Å²) in [6.07, 6.45) is 1.06. The summed E-state index contributed by atoms with van der Waals surface area (Å²) >= 11 is 0. The van der Waals surface area contributed by atoms with E-state index in [1.54, 1.807) is 11.6 Å². The molecule has 1 N–H and O–H groups in total. The van der Waals surface area contributed by atoms with Crippen LogP contribution in [-0.4, -0.2) is 43.6 Å². The Morgan fingerprint density at radius 3 is 2.71 bits per heavy atom. The van der Waals surface area contributed by atoms with Crippen molar-refractivity contribution in [2.24, 2.45) is 13.0 Å². The Morgan fingerprint density at radius 2 is 1.95 bits per heavy atom. The Morgan fingerprint density at radius 1 is 1.16 bits per heavy atom. The van der Waals surface area contributed by atoms with E-state index >= 15 is 0 Å². The van der Waals surface area contributed by atoms with Gasteiger partial charge < -0.3 is 9.84 Å². The van der Waals surface area contributed by atoms with Crippen molar-refractivity contribution in [3.05, 3.63) is 88.0 Å². The number of fused-ring (bicyclic) bond motifs is 2. The van der Waals surface area contributed by atoms with E-state index < -0.39 is 11.9 Å². The minimum Gasteiger partial charge on any atom is -0.489 e. The highest BCUT2D eigenvalue weighted by atomic mass is 16.5. The van der Waals surface area contributed by atoms with Crippen LogP contribution in [0.4, 0.5) is 0 Å². The molecule has 5 rings (SSSR count). The van der Waals surface area contributed by atoms with Crippen LogP contribution in [0.15, 0.2) is 54.6 Å². The molecule has 198 valence electrons. The van der Waals surface area contributed by atoms with Gasteiger partial charge in [0.05, 0.1) is 11.4 Å². The van der Waals surface area contributed by atoms with Crippen LogP contribution < -0.4 is 4.74 Å². The molecular weight excluding hydrogens is 476 g/mol. The Bertz CT molecular complexity index is 1480. The van der Waals surface area contributed by atoms with E-state index in [0.717, 1.165) is 59.5 Å². The van der Waals surface area contributed by atoms with E-state index in [2.05, 4.69) is 65.5 Å². The standard InChI is InChI=1S/C31H36N4O3/c1-6-25-18-35(16-23-9-7-8-10-28(23)38-25)17-24-15-22(12-11-19(24)2)29(21(4)31(36)37)26-13-14-27-30(20(26)3)32-33-34(27)5/h7-15,21,25,29H,6,16-18H2,1-5H3,(H,36,37)/t21-,25?,29-/m1/s1. The maximum atomic E-state index is 12.3. The number of aromatic nitrogens is 3. The van der Waals surface area contributed by atoms with Gasteiger partial charge in [0.25, 0.3) is 0 Å². The molecule has 0 fully saturated rings. The molecule has 0 amide bonds. The van der Waals surface area contributed by atoms with Crippen molar-refractivity contribution in [3.63, 3.8) is 0 Å². The van der Waals surface area contributed by atoms with Crippen molar-refractivity contribution < 1.29 is 14.6 Å². The second-order valence-electron chi connectivity index (χ2n) is 10.6. The minimum atomic E-state index is -0.817. The van der Waals surface area contributed by atoms with Crippen LogP contribution in [0.3, 0.4) is 0 Å². The SMILES string of the molecule is CCC1CN(Cc2cc([C@H](c3ccc4c(nnn4C)c3C)[C@@H](C)C(=O)O)ccc2C)Cc2ccccc2O1. The predicted molar refractivity (Wildman–Crippen MR) is 148 cm³/mol. The number of ether oxygens (including phenoxy) is 1. The highest BCUT2D eigenvalue weighted by molar-refractivity contribution is 5.80. The van der Waals surface area contributed by atoms with Crippen molar-refractivity contribution in [1.29, 1.82) is 0 Å². The number of benzene rings is 3. The van der Waals surface area contributed by atoms with Crippen LogP contribution >= 0.6 is 0 Å². The maximum absolute atomic E-state index is 12.3. The third kappa shape index (κ3) is 4.90. The third-order valence-corrected chi connectivity index (χ3v) is 8.01. The Hall–Kier alpha value is -3.71. The van der Waals surface area contributed by atoms with Gasteiger partial charge in [-0.3, -0.25) is 9.69 Å². The van der Waals surface area contributed by atoms with Gasteiger partial charge in [0.15, 0.2) is 0 Å². The molecular formula is C31H36N4O3. The first-order chi connectivity index (χ1) is 18.3.